The molecular formula is C19H15F3N2O2S. The average Bonchev–Trinajstić information content (AvgIpc) is 3.12. The van der Waals surface area contributed by atoms with Crippen molar-refractivity contribution in [2.75, 3.05) is 7.05 Å². The van der Waals surface area contributed by atoms with E-state index in [9.17, 15) is 18.0 Å². The first-order valence-electron chi connectivity index (χ1n) is 7.94. The number of thiazole rings is 1. The van der Waals surface area contributed by atoms with Crippen molar-refractivity contribution in [1.82, 2.24) is 9.88 Å². The molecule has 0 unspecified atom stereocenters. The second-order valence-electron chi connectivity index (χ2n) is 5.71. The van der Waals surface area contributed by atoms with Crippen LogP contribution in [-0.2, 0) is 6.54 Å². The summed E-state index contributed by atoms with van der Waals surface area (Å²) in [5.41, 5.74) is 1.16. The summed E-state index contributed by atoms with van der Waals surface area (Å²) in [5.74, 6) is -0.643. The first kappa shape index (κ1) is 18.9. The van der Waals surface area contributed by atoms with Gasteiger partial charge < -0.3 is 9.64 Å². The van der Waals surface area contributed by atoms with Crippen LogP contribution in [0.25, 0.3) is 10.6 Å². The van der Waals surface area contributed by atoms with Gasteiger partial charge in [0.2, 0.25) is 0 Å². The van der Waals surface area contributed by atoms with Crippen LogP contribution in [-0.4, -0.2) is 29.2 Å². The molecule has 0 bridgehead atoms. The number of hydrogen-bond acceptors (Lipinski definition) is 4. The van der Waals surface area contributed by atoms with Crippen LogP contribution >= 0.6 is 11.3 Å². The van der Waals surface area contributed by atoms with Crippen LogP contribution in [0, 0.1) is 0 Å². The van der Waals surface area contributed by atoms with Gasteiger partial charge in [-0.05, 0) is 6.07 Å². The Morgan fingerprint density at radius 3 is 2.48 bits per heavy atom. The van der Waals surface area contributed by atoms with Crippen molar-refractivity contribution in [3.05, 3.63) is 71.2 Å². The SMILES string of the molecule is CN(Cc1ccccc1OC(F)(F)F)C(=O)c1cnc(-c2ccccc2)s1. The lowest BCUT2D eigenvalue weighted by molar-refractivity contribution is -0.275. The maximum Gasteiger partial charge on any atom is 0.573 e. The van der Waals surface area contributed by atoms with E-state index in [0.717, 1.165) is 5.56 Å². The summed E-state index contributed by atoms with van der Waals surface area (Å²) in [7, 11) is 1.52. The number of rotatable bonds is 5. The number of hydrogen-bond donors (Lipinski definition) is 0. The van der Waals surface area contributed by atoms with Crippen molar-refractivity contribution in [3.8, 4) is 16.3 Å². The number of carbonyl (C=O) groups excluding carboxylic acids is 1. The van der Waals surface area contributed by atoms with E-state index in [4.69, 9.17) is 0 Å². The predicted octanol–water partition coefficient (Wildman–Crippen LogP) is 4.98. The van der Waals surface area contributed by atoms with E-state index in [-0.39, 0.29) is 23.8 Å². The molecule has 0 aliphatic heterocycles. The summed E-state index contributed by atoms with van der Waals surface area (Å²) in [6, 6.07) is 15.2. The van der Waals surface area contributed by atoms with Crippen LogP contribution in [0.1, 0.15) is 15.2 Å². The first-order valence-corrected chi connectivity index (χ1v) is 8.75. The molecule has 1 amide bonds. The van der Waals surface area contributed by atoms with Crippen molar-refractivity contribution in [2.45, 2.75) is 12.9 Å². The molecule has 0 spiro atoms. The standard InChI is InChI=1S/C19H15F3N2O2S/c1-24(12-14-9-5-6-10-15(14)26-19(20,21)22)18(25)16-11-23-17(27-16)13-7-3-2-4-8-13/h2-11H,12H2,1H3. The molecule has 0 atom stereocenters. The number of alkyl halides is 3. The summed E-state index contributed by atoms with van der Waals surface area (Å²) < 4.78 is 41.6. The minimum Gasteiger partial charge on any atom is -0.405 e. The third-order valence-corrected chi connectivity index (χ3v) is 4.72. The number of benzene rings is 2. The number of amides is 1. The topological polar surface area (TPSA) is 42.4 Å². The molecule has 3 rings (SSSR count). The van der Waals surface area contributed by atoms with E-state index in [1.807, 2.05) is 30.3 Å². The monoisotopic (exact) mass is 392 g/mol. The predicted molar refractivity (Wildman–Crippen MR) is 96.5 cm³/mol. The van der Waals surface area contributed by atoms with Gasteiger partial charge in [0.1, 0.15) is 15.6 Å². The quantitative estimate of drug-likeness (QED) is 0.615. The van der Waals surface area contributed by atoms with Crippen LogP contribution < -0.4 is 4.74 Å². The van der Waals surface area contributed by atoms with Crippen molar-refractivity contribution in [2.24, 2.45) is 0 Å². The number of aromatic nitrogens is 1. The zero-order chi connectivity index (χ0) is 19.4. The van der Waals surface area contributed by atoms with Crippen LogP contribution in [0.15, 0.2) is 60.8 Å². The molecule has 1 aromatic heterocycles. The minimum atomic E-state index is -4.79. The highest BCUT2D eigenvalue weighted by Crippen LogP contribution is 2.29. The summed E-state index contributed by atoms with van der Waals surface area (Å²) in [5, 5.41) is 0.702. The number of ether oxygens (including phenoxy) is 1. The summed E-state index contributed by atoms with van der Waals surface area (Å²) in [6.45, 7) is -0.0241. The molecule has 140 valence electrons. The van der Waals surface area contributed by atoms with Gasteiger partial charge in [-0.2, -0.15) is 0 Å². The fraction of sp³-hybridized carbons (Fsp3) is 0.158. The van der Waals surface area contributed by atoms with Crippen LogP contribution in [0.2, 0.25) is 0 Å². The van der Waals surface area contributed by atoms with Gasteiger partial charge in [0.25, 0.3) is 5.91 Å². The third-order valence-electron chi connectivity index (χ3n) is 3.69. The summed E-state index contributed by atoms with van der Waals surface area (Å²) in [4.78, 5) is 18.6. The largest absolute Gasteiger partial charge is 0.573 e. The van der Waals surface area contributed by atoms with E-state index in [2.05, 4.69) is 9.72 Å². The lowest BCUT2D eigenvalue weighted by Crippen LogP contribution is -2.26. The number of para-hydroxylation sites is 1. The molecule has 4 nitrogen and oxygen atoms in total. The molecule has 0 fully saturated rings. The Kier molecular flexibility index (Phi) is 5.46. The molecule has 3 aromatic rings. The molecule has 0 radical (unpaired) electrons. The number of halogens is 3. The average molecular weight is 392 g/mol. The van der Waals surface area contributed by atoms with Gasteiger partial charge in [-0.1, -0.05) is 48.5 Å². The van der Waals surface area contributed by atoms with E-state index >= 15 is 0 Å². The molecular weight excluding hydrogens is 377 g/mol. The Labute approximate surface area is 157 Å². The van der Waals surface area contributed by atoms with Crippen molar-refractivity contribution < 1.29 is 22.7 Å². The molecule has 0 saturated carbocycles. The van der Waals surface area contributed by atoms with Crippen molar-refractivity contribution in [3.63, 3.8) is 0 Å². The maximum absolute atomic E-state index is 12.6. The van der Waals surface area contributed by atoms with Crippen LogP contribution in [0.3, 0.4) is 0 Å². The van der Waals surface area contributed by atoms with E-state index in [0.29, 0.717) is 9.88 Å². The zero-order valence-corrected chi connectivity index (χ0v) is 15.1. The highest BCUT2D eigenvalue weighted by Gasteiger charge is 2.32. The maximum atomic E-state index is 12.6. The fourth-order valence-corrected chi connectivity index (χ4v) is 3.38. The number of nitrogens with zero attached hydrogens (tertiary/aromatic N) is 2. The summed E-state index contributed by atoms with van der Waals surface area (Å²) in [6.07, 6.45) is -3.31. The van der Waals surface area contributed by atoms with E-state index in [1.54, 1.807) is 6.07 Å². The molecule has 8 heteroatoms. The molecule has 0 N–H and O–H groups in total. The Bertz CT molecular complexity index is 926. The molecule has 1 heterocycles. The minimum absolute atomic E-state index is 0.0241. The summed E-state index contributed by atoms with van der Waals surface area (Å²) >= 11 is 1.23. The van der Waals surface area contributed by atoms with Gasteiger partial charge in [-0.3, -0.25) is 4.79 Å². The zero-order valence-electron chi connectivity index (χ0n) is 14.2. The van der Waals surface area contributed by atoms with Crippen molar-refractivity contribution >= 4 is 17.2 Å². The number of carbonyl (C=O) groups is 1. The van der Waals surface area contributed by atoms with Gasteiger partial charge in [0.05, 0.1) is 6.20 Å². The second-order valence-corrected chi connectivity index (χ2v) is 6.74. The van der Waals surface area contributed by atoms with Crippen molar-refractivity contribution in [1.29, 1.82) is 0 Å². The molecule has 0 saturated heterocycles. The van der Waals surface area contributed by atoms with Gasteiger partial charge in [-0.25, -0.2) is 4.98 Å². The van der Waals surface area contributed by atoms with Gasteiger partial charge in [0.15, 0.2) is 0 Å². The highest BCUT2D eigenvalue weighted by atomic mass is 32.1. The first-order chi connectivity index (χ1) is 12.8. The smallest absolute Gasteiger partial charge is 0.405 e. The van der Waals surface area contributed by atoms with Gasteiger partial charge in [-0.15, -0.1) is 24.5 Å². The molecule has 2 aromatic carbocycles. The Hall–Kier alpha value is -2.87. The Morgan fingerprint density at radius 1 is 1.11 bits per heavy atom. The third kappa shape index (κ3) is 4.85. The van der Waals surface area contributed by atoms with Crippen LogP contribution in [0.4, 0.5) is 13.2 Å². The Balaban J connectivity index is 1.75. The lowest BCUT2D eigenvalue weighted by Gasteiger charge is -2.19. The van der Waals surface area contributed by atoms with E-state index < -0.39 is 6.36 Å². The molecule has 27 heavy (non-hydrogen) atoms. The van der Waals surface area contributed by atoms with E-state index in [1.165, 1.54) is 47.7 Å². The second kappa shape index (κ2) is 7.79. The van der Waals surface area contributed by atoms with Crippen LogP contribution in [0.5, 0.6) is 5.75 Å². The highest BCUT2D eigenvalue weighted by molar-refractivity contribution is 7.16. The normalized spacial score (nSPS) is 11.3. The fourth-order valence-electron chi connectivity index (χ4n) is 2.46. The molecule has 0 aliphatic carbocycles. The lowest BCUT2D eigenvalue weighted by atomic mass is 10.2. The molecule has 0 aliphatic rings. The Morgan fingerprint density at radius 2 is 1.78 bits per heavy atom. The van der Waals surface area contributed by atoms with Gasteiger partial charge in [0, 0.05) is 24.7 Å². The van der Waals surface area contributed by atoms with Gasteiger partial charge >= 0.3 is 6.36 Å².